The summed E-state index contributed by atoms with van der Waals surface area (Å²) < 4.78 is 9.94. The third-order valence-electron chi connectivity index (χ3n) is 6.46. The minimum absolute atomic E-state index is 0.103. The minimum Gasteiger partial charge on any atom is -0.376 e. The molecule has 176 valence electrons. The third-order valence-corrected chi connectivity index (χ3v) is 7.40. The van der Waals surface area contributed by atoms with Gasteiger partial charge in [-0.1, -0.05) is 11.8 Å². The van der Waals surface area contributed by atoms with Gasteiger partial charge < -0.3 is 14.6 Å². The topological polar surface area (TPSA) is 111 Å². The molecular formula is C24H27N7O2S. The number of nitriles is 1. The van der Waals surface area contributed by atoms with Gasteiger partial charge in [-0.25, -0.2) is 0 Å². The van der Waals surface area contributed by atoms with E-state index in [9.17, 15) is 10.1 Å². The second-order valence-corrected chi connectivity index (χ2v) is 9.71. The van der Waals surface area contributed by atoms with Gasteiger partial charge in [-0.05, 0) is 57.2 Å². The van der Waals surface area contributed by atoms with Crippen LogP contribution in [0, 0.1) is 25.2 Å². The molecule has 2 fully saturated rings. The Morgan fingerprint density at radius 3 is 2.74 bits per heavy atom. The van der Waals surface area contributed by atoms with Gasteiger partial charge in [-0.2, -0.15) is 5.26 Å². The number of pyridine rings is 1. The molecule has 1 saturated carbocycles. The molecule has 1 unspecified atom stereocenters. The molecule has 3 aromatic rings. The lowest BCUT2D eigenvalue weighted by Gasteiger charge is -2.17. The molecule has 1 N–H and O–H groups in total. The highest BCUT2D eigenvalue weighted by Gasteiger charge is 2.30. The first kappa shape index (κ1) is 22.6. The summed E-state index contributed by atoms with van der Waals surface area (Å²) in [7, 11) is 0. The van der Waals surface area contributed by atoms with Gasteiger partial charge in [0.15, 0.2) is 11.0 Å². The quantitative estimate of drug-likeness (QED) is 0.490. The van der Waals surface area contributed by atoms with Crippen LogP contribution < -0.4 is 5.32 Å². The molecule has 1 aliphatic heterocycles. The monoisotopic (exact) mass is 477 g/mol. The lowest BCUT2D eigenvalue weighted by Crippen LogP contribution is -2.22. The van der Waals surface area contributed by atoms with Crippen molar-refractivity contribution in [1.29, 1.82) is 5.26 Å². The number of hydrogen-bond acceptors (Lipinski definition) is 7. The second kappa shape index (κ2) is 9.60. The molecule has 0 spiro atoms. The summed E-state index contributed by atoms with van der Waals surface area (Å²) in [5, 5.41) is 22.3. The lowest BCUT2D eigenvalue weighted by atomic mass is 10.2. The highest BCUT2D eigenvalue weighted by Crippen LogP contribution is 2.41. The summed E-state index contributed by atoms with van der Waals surface area (Å²) in [5.74, 6) is 1.36. The van der Waals surface area contributed by atoms with Gasteiger partial charge in [0.1, 0.15) is 11.9 Å². The molecular weight excluding hydrogens is 450 g/mol. The van der Waals surface area contributed by atoms with E-state index in [4.69, 9.17) is 4.74 Å². The van der Waals surface area contributed by atoms with Crippen molar-refractivity contribution in [2.45, 2.75) is 63.4 Å². The van der Waals surface area contributed by atoms with Gasteiger partial charge in [0.2, 0.25) is 5.91 Å². The first-order valence-corrected chi connectivity index (χ1v) is 12.5. The van der Waals surface area contributed by atoms with Crippen LogP contribution >= 0.6 is 11.8 Å². The van der Waals surface area contributed by atoms with E-state index < -0.39 is 0 Å². The average molecular weight is 478 g/mol. The summed E-state index contributed by atoms with van der Waals surface area (Å²) in [6.07, 6.45) is 7.77. The number of ether oxygens (including phenoxy) is 1. The van der Waals surface area contributed by atoms with E-state index in [-0.39, 0.29) is 17.8 Å². The van der Waals surface area contributed by atoms with E-state index in [1.54, 1.807) is 12.4 Å². The number of rotatable bonds is 8. The fraction of sp³-hybridized carbons (Fsp3) is 0.458. The summed E-state index contributed by atoms with van der Waals surface area (Å²) in [4.78, 5) is 17.1. The van der Waals surface area contributed by atoms with Crippen LogP contribution in [0.25, 0.3) is 11.4 Å². The molecule has 34 heavy (non-hydrogen) atoms. The lowest BCUT2D eigenvalue weighted by molar-refractivity contribution is -0.113. The van der Waals surface area contributed by atoms with Crippen LogP contribution in [0.15, 0.2) is 29.7 Å². The second-order valence-electron chi connectivity index (χ2n) is 8.77. The normalized spacial score (nSPS) is 17.6. The Morgan fingerprint density at radius 2 is 2.06 bits per heavy atom. The molecule has 0 radical (unpaired) electrons. The Kier molecular flexibility index (Phi) is 6.39. The molecule has 1 amide bonds. The van der Waals surface area contributed by atoms with Crippen molar-refractivity contribution in [3.63, 3.8) is 0 Å². The Balaban J connectivity index is 1.33. The third kappa shape index (κ3) is 4.45. The van der Waals surface area contributed by atoms with Crippen LogP contribution in [0.2, 0.25) is 0 Å². The molecule has 2 aliphatic rings. The van der Waals surface area contributed by atoms with E-state index in [1.807, 2.05) is 30.5 Å². The van der Waals surface area contributed by atoms with Crippen molar-refractivity contribution in [2.75, 3.05) is 17.7 Å². The number of carbonyl (C=O) groups is 1. The average Bonchev–Trinajstić information content (AvgIpc) is 3.30. The molecule has 1 saturated heterocycles. The number of aromatic nitrogens is 5. The number of anilines is 1. The Labute approximate surface area is 202 Å². The maximum Gasteiger partial charge on any atom is 0.235 e. The zero-order chi connectivity index (χ0) is 23.7. The number of carbonyl (C=O) groups excluding carboxylic acids is 1. The largest absolute Gasteiger partial charge is 0.376 e. The summed E-state index contributed by atoms with van der Waals surface area (Å²) in [6, 6.07) is 6.47. The van der Waals surface area contributed by atoms with E-state index >= 15 is 0 Å². The van der Waals surface area contributed by atoms with Crippen molar-refractivity contribution >= 4 is 23.5 Å². The van der Waals surface area contributed by atoms with Crippen molar-refractivity contribution in [3.05, 3.63) is 41.3 Å². The van der Waals surface area contributed by atoms with Crippen LogP contribution in [0.4, 0.5) is 5.82 Å². The fourth-order valence-electron chi connectivity index (χ4n) is 4.38. The standard InChI is InChI=1S/C24H27N7O2S/c1-15-16(2)30(13-19-4-3-11-33-19)23(20(15)12-25)27-21(32)14-34-24-29-28-22(31(24)18-5-6-18)17-7-9-26-10-8-17/h7-10,18-19H,3-6,11,13-14H2,1-2H3,(H,27,32). The van der Waals surface area contributed by atoms with Crippen LogP contribution in [0.3, 0.4) is 0 Å². The van der Waals surface area contributed by atoms with E-state index in [0.717, 1.165) is 60.1 Å². The zero-order valence-electron chi connectivity index (χ0n) is 19.3. The van der Waals surface area contributed by atoms with Crippen molar-refractivity contribution in [3.8, 4) is 17.5 Å². The summed E-state index contributed by atoms with van der Waals surface area (Å²) in [5.41, 5.74) is 3.33. The molecule has 1 aliphatic carbocycles. The first-order chi connectivity index (χ1) is 16.6. The van der Waals surface area contributed by atoms with Crippen molar-refractivity contribution in [2.24, 2.45) is 0 Å². The molecule has 10 heteroatoms. The van der Waals surface area contributed by atoms with Crippen LogP contribution in [0.5, 0.6) is 0 Å². The van der Waals surface area contributed by atoms with Crippen molar-refractivity contribution in [1.82, 2.24) is 24.3 Å². The van der Waals surface area contributed by atoms with Gasteiger partial charge in [0.25, 0.3) is 0 Å². The van der Waals surface area contributed by atoms with Crippen LogP contribution in [-0.2, 0) is 16.1 Å². The highest BCUT2D eigenvalue weighted by molar-refractivity contribution is 7.99. The fourth-order valence-corrected chi connectivity index (χ4v) is 5.19. The first-order valence-electron chi connectivity index (χ1n) is 11.6. The summed E-state index contributed by atoms with van der Waals surface area (Å²) >= 11 is 1.37. The van der Waals surface area contributed by atoms with Gasteiger partial charge in [-0.3, -0.25) is 14.3 Å². The number of amides is 1. The van der Waals surface area contributed by atoms with Gasteiger partial charge in [-0.15, -0.1) is 10.2 Å². The molecule has 4 heterocycles. The van der Waals surface area contributed by atoms with Crippen molar-refractivity contribution < 1.29 is 9.53 Å². The Hall–Kier alpha value is -3.16. The minimum atomic E-state index is -0.177. The van der Waals surface area contributed by atoms with Gasteiger partial charge >= 0.3 is 0 Å². The molecule has 3 aromatic heterocycles. The smallest absolute Gasteiger partial charge is 0.235 e. The van der Waals surface area contributed by atoms with Gasteiger partial charge in [0, 0.05) is 36.3 Å². The SMILES string of the molecule is Cc1c(C#N)c(NC(=O)CSc2nnc(-c3ccncc3)n2C2CC2)n(CC2CCCO2)c1C. The van der Waals surface area contributed by atoms with E-state index in [2.05, 4.69) is 31.1 Å². The van der Waals surface area contributed by atoms with E-state index in [0.29, 0.717) is 24.0 Å². The molecule has 0 aromatic carbocycles. The zero-order valence-corrected chi connectivity index (χ0v) is 20.1. The number of nitrogens with zero attached hydrogens (tertiary/aromatic N) is 6. The number of thioether (sulfide) groups is 1. The predicted octanol–water partition coefficient (Wildman–Crippen LogP) is 3.87. The van der Waals surface area contributed by atoms with Gasteiger partial charge in [0.05, 0.1) is 24.0 Å². The summed E-state index contributed by atoms with van der Waals surface area (Å²) in [6.45, 7) is 5.29. The molecule has 5 rings (SSSR count). The Bertz CT molecular complexity index is 1230. The van der Waals surface area contributed by atoms with Crippen LogP contribution in [0.1, 0.15) is 48.5 Å². The number of hydrogen-bond donors (Lipinski definition) is 1. The molecule has 9 nitrogen and oxygen atoms in total. The Morgan fingerprint density at radius 1 is 1.26 bits per heavy atom. The predicted molar refractivity (Wildman–Crippen MR) is 128 cm³/mol. The maximum atomic E-state index is 13.0. The van der Waals surface area contributed by atoms with Crippen LogP contribution in [-0.4, -0.2) is 48.7 Å². The highest BCUT2D eigenvalue weighted by atomic mass is 32.2. The van der Waals surface area contributed by atoms with E-state index in [1.165, 1.54) is 11.8 Å². The molecule has 1 atom stereocenters. The maximum absolute atomic E-state index is 13.0. The molecule has 0 bridgehead atoms. The number of nitrogens with one attached hydrogen (secondary N) is 1.